The topological polar surface area (TPSA) is 52.6 Å². The number of ether oxygens (including phenoxy) is 1. The number of methoxy groups -OCH3 is 1. The molecule has 0 fully saturated rings. The predicted octanol–water partition coefficient (Wildman–Crippen LogP) is 3.22. The van der Waals surface area contributed by atoms with E-state index in [1.807, 2.05) is 0 Å². The van der Waals surface area contributed by atoms with E-state index in [0.29, 0.717) is 18.6 Å². The third-order valence-electron chi connectivity index (χ3n) is 2.79. The van der Waals surface area contributed by atoms with Gasteiger partial charge >= 0.3 is 15.6 Å². The third kappa shape index (κ3) is 5.03. The Hall–Kier alpha value is -1.54. The van der Waals surface area contributed by atoms with Gasteiger partial charge in [0.1, 0.15) is 5.75 Å². The summed E-state index contributed by atoms with van der Waals surface area (Å²) in [6.45, 7) is 4.05. The van der Waals surface area contributed by atoms with Gasteiger partial charge in [-0.1, -0.05) is 18.2 Å². The van der Waals surface area contributed by atoms with Crippen LogP contribution in [0.25, 0.3) is 0 Å². The molecule has 1 rings (SSSR count). The van der Waals surface area contributed by atoms with Crippen LogP contribution < -0.4 is 4.18 Å². The van der Waals surface area contributed by atoms with Crippen molar-refractivity contribution in [3.8, 4) is 5.75 Å². The van der Waals surface area contributed by atoms with Crippen molar-refractivity contribution in [1.29, 1.82) is 0 Å². The summed E-state index contributed by atoms with van der Waals surface area (Å²) >= 11 is 0. The van der Waals surface area contributed by atoms with Gasteiger partial charge in [-0.25, -0.2) is 0 Å². The van der Waals surface area contributed by atoms with Gasteiger partial charge in [0, 0.05) is 13.7 Å². The van der Waals surface area contributed by atoms with Crippen LogP contribution >= 0.6 is 0 Å². The maximum absolute atomic E-state index is 12.4. The molecule has 0 N–H and O–H groups in total. The van der Waals surface area contributed by atoms with Crippen LogP contribution in [0.4, 0.5) is 13.2 Å². The maximum atomic E-state index is 12.4. The largest absolute Gasteiger partial charge is 0.534 e. The second-order valence-electron chi connectivity index (χ2n) is 4.51. The highest BCUT2D eigenvalue weighted by molar-refractivity contribution is 7.88. The van der Waals surface area contributed by atoms with Gasteiger partial charge in [0.05, 0.1) is 0 Å². The summed E-state index contributed by atoms with van der Waals surface area (Å²) in [4.78, 5) is 0. The molecule has 0 heterocycles. The zero-order valence-electron chi connectivity index (χ0n) is 12.0. The van der Waals surface area contributed by atoms with E-state index in [1.54, 1.807) is 13.2 Å². The standard InChI is InChI=1S/C14H17F3O4S/c1-3-5-12-10-11(6-4-9-20-2)7-8-13(12)21-22(18,19)14(15,16)17/h3,7-8,10H,1,4-6,9H2,2H3. The molecule has 0 saturated carbocycles. The van der Waals surface area contributed by atoms with Crippen LogP contribution in [-0.4, -0.2) is 27.6 Å². The molecule has 0 saturated heterocycles. The molecule has 0 radical (unpaired) electrons. The summed E-state index contributed by atoms with van der Waals surface area (Å²) in [5, 5.41) is 0. The van der Waals surface area contributed by atoms with Gasteiger partial charge in [0.25, 0.3) is 0 Å². The van der Waals surface area contributed by atoms with Crippen LogP contribution in [0.1, 0.15) is 17.5 Å². The van der Waals surface area contributed by atoms with Gasteiger partial charge in [0.15, 0.2) is 0 Å². The van der Waals surface area contributed by atoms with Gasteiger partial charge in [0.2, 0.25) is 0 Å². The van der Waals surface area contributed by atoms with Gasteiger partial charge in [-0.15, -0.1) is 6.58 Å². The average Bonchev–Trinajstić information content (AvgIpc) is 2.40. The van der Waals surface area contributed by atoms with E-state index in [1.165, 1.54) is 18.2 Å². The minimum atomic E-state index is -5.68. The summed E-state index contributed by atoms with van der Waals surface area (Å²) in [7, 11) is -4.11. The molecule has 0 spiro atoms. The van der Waals surface area contributed by atoms with Crippen LogP contribution in [0.5, 0.6) is 5.75 Å². The zero-order chi connectivity index (χ0) is 16.8. The number of aryl methyl sites for hydroxylation is 1. The zero-order valence-corrected chi connectivity index (χ0v) is 12.8. The highest BCUT2D eigenvalue weighted by Gasteiger charge is 2.48. The smallest absolute Gasteiger partial charge is 0.385 e. The van der Waals surface area contributed by atoms with Crippen molar-refractivity contribution in [2.45, 2.75) is 24.8 Å². The molecule has 1 aromatic carbocycles. The molecule has 8 heteroatoms. The number of allylic oxidation sites excluding steroid dienone is 1. The lowest BCUT2D eigenvalue weighted by Crippen LogP contribution is -2.28. The van der Waals surface area contributed by atoms with Crippen LogP contribution in [0.15, 0.2) is 30.9 Å². The molecule has 0 aliphatic rings. The fourth-order valence-corrected chi connectivity index (χ4v) is 2.26. The fourth-order valence-electron chi connectivity index (χ4n) is 1.77. The number of alkyl halides is 3. The van der Waals surface area contributed by atoms with E-state index in [-0.39, 0.29) is 12.2 Å². The molecule has 0 unspecified atom stereocenters. The Labute approximate surface area is 127 Å². The first kappa shape index (κ1) is 18.5. The number of halogens is 3. The van der Waals surface area contributed by atoms with Crippen LogP contribution in [0, 0.1) is 0 Å². The van der Waals surface area contributed by atoms with E-state index in [0.717, 1.165) is 12.0 Å². The van der Waals surface area contributed by atoms with Gasteiger partial charge < -0.3 is 8.92 Å². The SMILES string of the molecule is C=CCc1cc(CCCOC)ccc1OS(=O)(=O)C(F)(F)F. The lowest BCUT2D eigenvalue weighted by atomic mass is 10.0. The highest BCUT2D eigenvalue weighted by atomic mass is 32.2. The molecule has 0 aromatic heterocycles. The van der Waals surface area contributed by atoms with Crippen molar-refractivity contribution in [1.82, 2.24) is 0 Å². The molecular weight excluding hydrogens is 321 g/mol. The summed E-state index contributed by atoms with van der Waals surface area (Å²) in [6, 6.07) is 4.37. The van der Waals surface area contributed by atoms with Crippen molar-refractivity contribution in [3.05, 3.63) is 42.0 Å². The van der Waals surface area contributed by atoms with Crippen molar-refractivity contribution >= 4 is 10.1 Å². The monoisotopic (exact) mass is 338 g/mol. The van der Waals surface area contributed by atoms with E-state index in [2.05, 4.69) is 10.8 Å². The molecule has 0 bridgehead atoms. The summed E-state index contributed by atoms with van der Waals surface area (Å²) in [5.41, 5.74) is -4.28. The molecule has 124 valence electrons. The average molecular weight is 338 g/mol. The van der Waals surface area contributed by atoms with E-state index in [9.17, 15) is 21.6 Å². The van der Waals surface area contributed by atoms with Crippen molar-refractivity contribution in [2.24, 2.45) is 0 Å². The Morgan fingerprint density at radius 2 is 2.00 bits per heavy atom. The Morgan fingerprint density at radius 1 is 1.32 bits per heavy atom. The first-order chi connectivity index (χ1) is 10.2. The number of benzene rings is 1. The molecule has 0 aliphatic heterocycles. The lowest BCUT2D eigenvalue weighted by molar-refractivity contribution is -0.0500. The lowest BCUT2D eigenvalue weighted by Gasteiger charge is -2.13. The van der Waals surface area contributed by atoms with Gasteiger partial charge in [-0.3, -0.25) is 0 Å². The highest BCUT2D eigenvalue weighted by Crippen LogP contribution is 2.30. The second kappa shape index (κ2) is 7.64. The minimum absolute atomic E-state index is 0.195. The Morgan fingerprint density at radius 3 is 2.55 bits per heavy atom. The molecular formula is C14H17F3O4S. The molecule has 0 aliphatic carbocycles. The Kier molecular flexibility index (Phi) is 6.43. The Bertz CT molecular complexity index is 609. The fraction of sp³-hybridized carbons (Fsp3) is 0.429. The van der Waals surface area contributed by atoms with E-state index in [4.69, 9.17) is 4.74 Å². The van der Waals surface area contributed by atoms with Crippen molar-refractivity contribution < 1.29 is 30.5 Å². The van der Waals surface area contributed by atoms with Crippen molar-refractivity contribution in [3.63, 3.8) is 0 Å². The van der Waals surface area contributed by atoms with Crippen LogP contribution in [-0.2, 0) is 27.7 Å². The molecule has 4 nitrogen and oxygen atoms in total. The normalized spacial score (nSPS) is 12.2. The van der Waals surface area contributed by atoms with Gasteiger partial charge in [-0.2, -0.15) is 21.6 Å². The molecule has 0 atom stereocenters. The summed E-state index contributed by atoms with van der Waals surface area (Å²) in [6.07, 6.45) is 3.05. The summed E-state index contributed by atoms with van der Waals surface area (Å²) < 4.78 is 68.4. The number of hydrogen-bond acceptors (Lipinski definition) is 4. The molecule has 0 amide bonds. The van der Waals surface area contributed by atoms with E-state index < -0.39 is 15.6 Å². The molecule has 22 heavy (non-hydrogen) atoms. The van der Waals surface area contributed by atoms with Crippen molar-refractivity contribution in [2.75, 3.05) is 13.7 Å². The van der Waals surface area contributed by atoms with Crippen LogP contribution in [0.2, 0.25) is 0 Å². The number of hydrogen-bond donors (Lipinski definition) is 0. The number of rotatable bonds is 8. The first-order valence-electron chi connectivity index (χ1n) is 6.43. The summed E-state index contributed by atoms with van der Waals surface area (Å²) in [5.74, 6) is -0.340. The van der Waals surface area contributed by atoms with Crippen LogP contribution in [0.3, 0.4) is 0 Å². The predicted molar refractivity (Wildman–Crippen MR) is 76.1 cm³/mol. The van der Waals surface area contributed by atoms with E-state index >= 15 is 0 Å². The quantitative estimate of drug-likeness (QED) is 0.316. The Balaban J connectivity index is 3.02. The maximum Gasteiger partial charge on any atom is 0.534 e. The second-order valence-corrected chi connectivity index (χ2v) is 6.05. The minimum Gasteiger partial charge on any atom is -0.385 e. The van der Waals surface area contributed by atoms with Gasteiger partial charge in [-0.05, 0) is 36.5 Å². The third-order valence-corrected chi connectivity index (χ3v) is 3.75. The molecule has 1 aromatic rings. The first-order valence-corrected chi connectivity index (χ1v) is 7.84.